The average molecular weight is 384 g/mol. The smallest absolute Gasteiger partial charge is 0.339 e. The van der Waals surface area contributed by atoms with Gasteiger partial charge in [-0.3, -0.25) is 0 Å². The molecule has 1 atom stereocenters. The third kappa shape index (κ3) is 3.90. The molecule has 0 aliphatic rings. The molecule has 0 fully saturated rings. The summed E-state index contributed by atoms with van der Waals surface area (Å²) in [5.41, 5.74) is 1.02. The molecule has 0 radical (unpaired) electrons. The molecule has 0 spiro atoms. The van der Waals surface area contributed by atoms with Crippen LogP contribution < -0.4 is 14.2 Å². The Morgan fingerprint density at radius 2 is 1.61 bits per heavy atom. The lowest BCUT2D eigenvalue weighted by atomic mass is 10.2. The fraction of sp³-hybridized carbons (Fsp3) is 0.250. The summed E-state index contributed by atoms with van der Waals surface area (Å²) in [7, 11) is 4.43. The summed E-state index contributed by atoms with van der Waals surface area (Å²) >= 11 is 0. The van der Waals surface area contributed by atoms with Crippen molar-refractivity contribution < 1.29 is 28.2 Å². The van der Waals surface area contributed by atoms with Gasteiger partial charge in [0.15, 0.2) is 17.6 Å². The molecule has 3 rings (SSSR count). The second-order valence-electron chi connectivity index (χ2n) is 5.77. The van der Waals surface area contributed by atoms with Crippen molar-refractivity contribution in [3.8, 4) is 28.7 Å². The summed E-state index contributed by atoms with van der Waals surface area (Å²) in [6.45, 7) is 1.65. The molecule has 8 heteroatoms. The number of hydrogen-bond acceptors (Lipinski definition) is 8. The summed E-state index contributed by atoms with van der Waals surface area (Å²) in [5, 5.41) is 7.97. The van der Waals surface area contributed by atoms with Gasteiger partial charge in [-0.05, 0) is 31.2 Å². The average Bonchev–Trinajstić information content (AvgIpc) is 3.23. The Bertz CT molecular complexity index is 929. The molecule has 3 aromatic rings. The molecule has 0 aliphatic heterocycles. The molecule has 0 N–H and O–H groups in total. The predicted molar refractivity (Wildman–Crippen MR) is 99.7 cm³/mol. The van der Waals surface area contributed by atoms with Crippen LogP contribution in [0.25, 0.3) is 11.5 Å². The van der Waals surface area contributed by atoms with E-state index < -0.39 is 12.1 Å². The van der Waals surface area contributed by atoms with Crippen LogP contribution in [-0.2, 0) is 4.74 Å². The Labute approximate surface area is 162 Å². The number of ether oxygens (including phenoxy) is 4. The van der Waals surface area contributed by atoms with E-state index in [0.29, 0.717) is 23.1 Å². The topological polar surface area (TPSA) is 92.9 Å². The minimum Gasteiger partial charge on any atom is -0.493 e. The van der Waals surface area contributed by atoms with E-state index in [9.17, 15) is 4.79 Å². The van der Waals surface area contributed by atoms with Crippen molar-refractivity contribution in [3.63, 3.8) is 0 Å². The predicted octanol–water partition coefficient (Wildman–Crippen LogP) is 3.68. The van der Waals surface area contributed by atoms with Crippen LogP contribution >= 0.6 is 0 Å². The standard InChI is InChI=1S/C20H20N2O6/c1-12(18-21-22-19(28-18)13-8-6-5-7-9-13)27-20(23)14-10-15(24-2)17(26-4)16(11-14)25-3/h5-12H,1-4H3. The van der Waals surface area contributed by atoms with E-state index in [1.807, 2.05) is 30.3 Å². The second kappa shape index (κ2) is 8.43. The zero-order chi connectivity index (χ0) is 20.1. The Morgan fingerprint density at radius 3 is 2.18 bits per heavy atom. The first-order chi connectivity index (χ1) is 13.6. The minimum absolute atomic E-state index is 0.194. The molecule has 1 aromatic heterocycles. The van der Waals surface area contributed by atoms with E-state index in [1.54, 1.807) is 6.92 Å². The third-order valence-corrected chi connectivity index (χ3v) is 3.99. The highest BCUT2D eigenvalue weighted by atomic mass is 16.6. The van der Waals surface area contributed by atoms with Gasteiger partial charge in [-0.15, -0.1) is 10.2 Å². The number of aromatic nitrogens is 2. The molecule has 0 aliphatic carbocycles. The van der Waals surface area contributed by atoms with Crippen molar-refractivity contribution in [2.45, 2.75) is 13.0 Å². The van der Waals surface area contributed by atoms with E-state index >= 15 is 0 Å². The largest absolute Gasteiger partial charge is 0.493 e. The van der Waals surface area contributed by atoms with Crippen LogP contribution in [0.15, 0.2) is 46.9 Å². The molecule has 0 bridgehead atoms. The number of carbonyl (C=O) groups excluding carboxylic acids is 1. The van der Waals surface area contributed by atoms with Gasteiger partial charge in [-0.2, -0.15) is 0 Å². The van der Waals surface area contributed by atoms with Crippen LogP contribution in [0.5, 0.6) is 17.2 Å². The van der Waals surface area contributed by atoms with Crippen molar-refractivity contribution in [1.29, 1.82) is 0 Å². The molecular weight excluding hydrogens is 364 g/mol. The van der Waals surface area contributed by atoms with Gasteiger partial charge in [-0.25, -0.2) is 4.79 Å². The van der Waals surface area contributed by atoms with Gasteiger partial charge < -0.3 is 23.4 Å². The van der Waals surface area contributed by atoms with E-state index in [-0.39, 0.29) is 11.5 Å². The lowest BCUT2D eigenvalue weighted by Gasteiger charge is -2.14. The highest BCUT2D eigenvalue weighted by molar-refractivity contribution is 5.91. The van der Waals surface area contributed by atoms with Crippen LogP contribution in [0, 0.1) is 0 Å². The highest BCUT2D eigenvalue weighted by Crippen LogP contribution is 2.38. The Kier molecular flexibility index (Phi) is 5.78. The summed E-state index contributed by atoms with van der Waals surface area (Å²) in [6, 6.07) is 12.4. The highest BCUT2D eigenvalue weighted by Gasteiger charge is 2.23. The number of methoxy groups -OCH3 is 3. The van der Waals surface area contributed by atoms with Crippen LogP contribution in [0.2, 0.25) is 0 Å². The van der Waals surface area contributed by atoms with Gasteiger partial charge in [0, 0.05) is 5.56 Å². The third-order valence-electron chi connectivity index (χ3n) is 3.99. The Morgan fingerprint density at radius 1 is 0.964 bits per heavy atom. The van der Waals surface area contributed by atoms with E-state index in [0.717, 1.165) is 5.56 Å². The lowest BCUT2D eigenvalue weighted by molar-refractivity contribution is 0.0279. The second-order valence-corrected chi connectivity index (χ2v) is 5.77. The lowest BCUT2D eigenvalue weighted by Crippen LogP contribution is -2.10. The van der Waals surface area contributed by atoms with Crippen molar-refractivity contribution in [1.82, 2.24) is 10.2 Å². The molecule has 2 aromatic carbocycles. The zero-order valence-electron chi connectivity index (χ0n) is 16.0. The van der Waals surface area contributed by atoms with E-state index in [2.05, 4.69) is 10.2 Å². The molecule has 0 saturated heterocycles. The molecule has 28 heavy (non-hydrogen) atoms. The number of carbonyl (C=O) groups is 1. The summed E-state index contributed by atoms with van der Waals surface area (Å²) < 4.78 is 26.9. The van der Waals surface area contributed by atoms with Gasteiger partial charge in [0.1, 0.15) is 0 Å². The fourth-order valence-electron chi connectivity index (χ4n) is 2.57. The monoisotopic (exact) mass is 384 g/mol. The maximum Gasteiger partial charge on any atom is 0.339 e. The van der Waals surface area contributed by atoms with Crippen molar-refractivity contribution in [2.75, 3.05) is 21.3 Å². The first-order valence-electron chi connectivity index (χ1n) is 8.47. The summed E-state index contributed by atoms with van der Waals surface area (Å²) in [6.07, 6.45) is -0.739. The van der Waals surface area contributed by atoms with E-state index in [1.165, 1.54) is 33.5 Å². The van der Waals surface area contributed by atoms with Crippen LogP contribution in [0.3, 0.4) is 0 Å². The molecular formula is C20H20N2O6. The molecule has 0 saturated carbocycles. The first-order valence-corrected chi connectivity index (χ1v) is 8.47. The number of esters is 1. The molecule has 1 heterocycles. The Balaban J connectivity index is 1.79. The quantitative estimate of drug-likeness (QED) is 0.570. The molecule has 146 valence electrons. The number of rotatable bonds is 7. The van der Waals surface area contributed by atoms with Crippen molar-refractivity contribution in [3.05, 3.63) is 53.9 Å². The maximum absolute atomic E-state index is 12.6. The van der Waals surface area contributed by atoms with Crippen molar-refractivity contribution in [2.24, 2.45) is 0 Å². The van der Waals surface area contributed by atoms with Crippen LogP contribution in [0.1, 0.15) is 29.3 Å². The SMILES string of the molecule is COc1cc(C(=O)OC(C)c2nnc(-c3ccccc3)o2)cc(OC)c1OC. The number of benzene rings is 2. The summed E-state index contributed by atoms with van der Waals surface area (Å²) in [4.78, 5) is 12.6. The van der Waals surface area contributed by atoms with Crippen LogP contribution in [-0.4, -0.2) is 37.5 Å². The minimum atomic E-state index is -0.739. The van der Waals surface area contributed by atoms with Crippen molar-refractivity contribution >= 4 is 5.97 Å². The number of hydrogen-bond donors (Lipinski definition) is 0. The first kappa shape index (κ1) is 19.2. The normalized spacial score (nSPS) is 11.6. The van der Waals surface area contributed by atoms with Crippen LogP contribution in [0.4, 0.5) is 0 Å². The molecule has 1 unspecified atom stereocenters. The fourth-order valence-corrected chi connectivity index (χ4v) is 2.57. The molecule has 8 nitrogen and oxygen atoms in total. The van der Waals surface area contributed by atoms with Gasteiger partial charge in [0.2, 0.25) is 11.6 Å². The zero-order valence-corrected chi connectivity index (χ0v) is 16.0. The maximum atomic E-state index is 12.6. The van der Waals surface area contributed by atoms with Gasteiger partial charge in [-0.1, -0.05) is 18.2 Å². The van der Waals surface area contributed by atoms with Gasteiger partial charge in [0.25, 0.3) is 5.89 Å². The number of nitrogens with zero attached hydrogens (tertiary/aromatic N) is 2. The molecule has 0 amide bonds. The van der Waals surface area contributed by atoms with Gasteiger partial charge >= 0.3 is 5.97 Å². The summed E-state index contributed by atoms with van der Waals surface area (Å²) in [5.74, 6) is 1.05. The van der Waals surface area contributed by atoms with E-state index in [4.69, 9.17) is 23.4 Å². The Hall–Kier alpha value is -3.55. The van der Waals surface area contributed by atoms with Gasteiger partial charge in [0.05, 0.1) is 26.9 Å².